The Morgan fingerprint density at radius 3 is 2.41 bits per heavy atom. The van der Waals surface area contributed by atoms with Crippen molar-refractivity contribution in [2.75, 3.05) is 5.32 Å². The van der Waals surface area contributed by atoms with Crippen molar-refractivity contribution in [2.45, 2.75) is 46.0 Å². The van der Waals surface area contributed by atoms with E-state index in [1.807, 2.05) is 32.0 Å². The molecule has 1 aromatic rings. The summed E-state index contributed by atoms with van der Waals surface area (Å²) in [5, 5.41) is 3.07. The van der Waals surface area contributed by atoms with Gasteiger partial charge in [-0.25, -0.2) is 0 Å². The highest BCUT2D eigenvalue weighted by Gasteiger charge is 2.18. The summed E-state index contributed by atoms with van der Waals surface area (Å²) >= 11 is 0. The Hall–Kier alpha value is -1.31. The van der Waals surface area contributed by atoms with Crippen LogP contribution in [0, 0.1) is 19.8 Å². The molecular formula is C15H21NO. The van der Waals surface area contributed by atoms with E-state index >= 15 is 0 Å². The van der Waals surface area contributed by atoms with Gasteiger partial charge in [-0.1, -0.05) is 31.0 Å². The van der Waals surface area contributed by atoms with Crippen LogP contribution in [0.1, 0.15) is 43.2 Å². The molecule has 1 aliphatic carbocycles. The summed E-state index contributed by atoms with van der Waals surface area (Å²) in [6, 6.07) is 6.10. The predicted molar refractivity (Wildman–Crippen MR) is 71.1 cm³/mol. The number of aryl methyl sites for hydroxylation is 2. The monoisotopic (exact) mass is 231 g/mol. The van der Waals surface area contributed by atoms with E-state index in [-0.39, 0.29) is 5.91 Å². The lowest BCUT2D eigenvalue weighted by atomic mass is 10.0. The molecule has 2 rings (SSSR count). The van der Waals surface area contributed by atoms with Crippen LogP contribution in [0.2, 0.25) is 0 Å². The molecule has 0 radical (unpaired) electrons. The van der Waals surface area contributed by atoms with Crippen molar-refractivity contribution < 1.29 is 4.79 Å². The van der Waals surface area contributed by atoms with E-state index in [1.165, 1.54) is 25.7 Å². The molecule has 0 aromatic heterocycles. The maximum absolute atomic E-state index is 12.0. The normalized spacial score (nSPS) is 16.1. The Morgan fingerprint density at radius 1 is 1.24 bits per heavy atom. The Morgan fingerprint density at radius 2 is 1.82 bits per heavy atom. The number of anilines is 1. The molecule has 0 heterocycles. The molecule has 0 spiro atoms. The van der Waals surface area contributed by atoms with Crippen LogP contribution in [0.15, 0.2) is 18.2 Å². The zero-order chi connectivity index (χ0) is 12.3. The maximum atomic E-state index is 12.0. The topological polar surface area (TPSA) is 29.1 Å². The van der Waals surface area contributed by atoms with E-state index in [4.69, 9.17) is 0 Å². The van der Waals surface area contributed by atoms with Gasteiger partial charge in [0.05, 0.1) is 0 Å². The van der Waals surface area contributed by atoms with Crippen LogP contribution in [0.25, 0.3) is 0 Å². The van der Waals surface area contributed by atoms with Crippen LogP contribution >= 0.6 is 0 Å². The summed E-state index contributed by atoms with van der Waals surface area (Å²) in [5.74, 6) is 0.786. The van der Waals surface area contributed by atoms with Crippen LogP contribution in [-0.4, -0.2) is 5.91 Å². The van der Waals surface area contributed by atoms with E-state index in [0.717, 1.165) is 16.8 Å². The molecule has 0 bridgehead atoms. The van der Waals surface area contributed by atoms with Gasteiger partial charge in [0, 0.05) is 12.1 Å². The summed E-state index contributed by atoms with van der Waals surface area (Å²) < 4.78 is 0. The number of carbonyl (C=O) groups excluding carboxylic acids is 1. The van der Waals surface area contributed by atoms with Crippen molar-refractivity contribution in [3.8, 4) is 0 Å². The molecule has 0 atom stereocenters. The Labute approximate surface area is 103 Å². The summed E-state index contributed by atoms with van der Waals surface area (Å²) in [5.41, 5.74) is 3.28. The van der Waals surface area contributed by atoms with E-state index < -0.39 is 0 Å². The number of carbonyl (C=O) groups is 1. The number of benzene rings is 1. The van der Waals surface area contributed by atoms with Gasteiger partial charge < -0.3 is 5.32 Å². The van der Waals surface area contributed by atoms with Crippen LogP contribution in [-0.2, 0) is 4.79 Å². The van der Waals surface area contributed by atoms with Crippen LogP contribution < -0.4 is 5.32 Å². The molecule has 0 saturated heterocycles. The molecule has 92 valence electrons. The number of rotatable bonds is 3. The average Bonchev–Trinajstić information content (AvgIpc) is 2.76. The van der Waals surface area contributed by atoms with Gasteiger partial charge in [-0.15, -0.1) is 0 Å². The van der Waals surface area contributed by atoms with E-state index in [9.17, 15) is 4.79 Å². The number of hydrogen-bond donors (Lipinski definition) is 1. The Bertz CT molecular complexity index is 385. The fraction of sp³-hybridized carbons (Fsp3) is 0.533. The average molecular weight is 231 g/mol. The number of nitrogens with one attached hydrogen (secondary N) is 1. The quantitative estimate of drug-likeness (QED) is 0.841. The van der Waals surface area contributed by atoms with Crippen molar-refractivity contribution in [3.05, 3.63) is 29.3 Å². The summed E-state index contributed by atoms with van der Waals surface area (Å²) in [7, 11) is 0. The molecule has 2 nitrogen and oxygen atoms in total. The van der Waals surface area contributed by atoms with Crippen LogP contribution in [0.4, 0.5) is 5.69 Å². The van der Waals surface area contributed by atoms with Gasteiger partial charge in [-0.3, -0.25) is 4.79 Å². The first-order valence-corrected chi connectivity index (χ1v) is 6.53. The highest BCUT2D eigenvalue weighted by molar-refractivity contribution is 5.92. The molecule has 1 N–H and O–H groups in total. The molecule has 0 unspecified atom stereocenters. The third-order valence-corrected chi connectivity index (χ3v) is 3.69. The second kappa shape index (κ2) is 5.35. The molecule has 1 saturated carbocycles. The fourth-order valence-electron chi connectivity index (χ4n) is 2.68. The van der Waals surface area contributed by atoms with Crippen molar-refractivity contribution in [1.82, 2.24) is 0 Å². The minimum absolute atomic E-state index is 0.175. The van der Waals surface area contributed by atoms with Gasteiger partial charge in [0.1, 0.15) is 0 Å². The highest BCUT2D eigenvalue weighted by Crippen LogP contribution is 2.28. The number of para-hydroxylation sites is 1. The van der Waals surface area contributed by atoms with Crippen molar-refractivity contribution in [1.29, 1.82) is 0 Å². The predicted octanol–water partition coefficient (Wildman–Crippen LogP) is 3.82. The lowest BCUT2D eigenvalue weighted by Crippen LogP contribution is -2.16. The zero-order valence-electron chi connectivity index (χ0n) is 10.8. The Balaban J connectivity index is 1.97. The molecule has 1 aromatic carbocycles. The molecular weight excluding hydrogens is 210 g/mol. The first-order chi connectivity index (χ1) is 8.16. The molecule has 2 heteroatoms. The van der Waals surface area contributed by atoms with Crippen molar-refractivity contribution in [2.24, 2.45) is 5.92 Å². The van der Waals surface area contributed by atoms with Gasteiger partial charge in [0.25, 0.3) is 0 Å². The van der Waals surface area contributed by atoms with Crippen LogP contribution in [0.3, 0.4) is 0 Å². The third kappa shape index (κ3) is 3.09. The number of amides is 1. The first-order valence-electron chi connectivity index (χ1n) is 6.53. The lowest BCUT2D eigenvalue weighted by molar-refractivity contribution is -0.117. The van der Waals surface area contributed by atoms with Gasteiger partial charge in [-0.2, -0.15) is 0 Å². The summed E-state index contributed by atoms with van der Waals surface area (Å²) in [6.07, 6.45) is 5.72. The maximum Gasteiger partial charge on any atom is 0.224 e. The Kier molecular flexibility index (Phi) is 3.82. The second-order valence-electron chi connectivity index (χ2n) is 5.17. The van der Waals surface area contributed by atoms with E-state index in [0.29, 0.717) is 12.3 Å². The smallest absolute Gasteiger partial charge is 0.224 e. The third-order valence-electron chi connectivity index (χ3n) is 3.69. The zero-order valence-corrected chi connectivity index (χ0v) is 10.8. The van der Waals surface area contributed by atoms with Gasteiger partial charge in [-0.05, 0) is 43.7 Å². The second-order valence-corrected chi connectivity index (χ2v) is 5.17. The largest absolute Gasteiger partial charge is 0.326 e. The standard InChI is InChI=1S/C15H21NO/c1-11-6-5-7-12(2)15(11)16-14(17)10-13-8-3-4-9-13/h5-7,13H,3-4,8-10H2,1-2H3,(H,16,17). The van der Waals surface area contributed by atoms with Gasteiger partial charge >= 0.3 is 0 Å². The van der Waals surface area contributed by atoms with E-state index in [2.05, 4.69) is 5.32 Å². The van der Waals surface area contributed by atoms with Gasteiger partial charge in [0.15, 0.2) is 0 Å². The number of hydrogen-bond acceptors (Lipinski definition) is 1. The van der Waals surface area contributed by atoms with Crippen molar-refractivity contribution in [3.63, 3.8) is 0 Å². The van der Waals surface area contributed by atoms with E-state index in [1.54, 1.807) is 0 Å². The van der Waals surface area contributed by atoms with Crippen LogP contribution in [0.5, 0.6) is 0 Å². The molecule has 1 aliphatic rings. The molecule has 17 heavy (non-hydrogen) atoms. The SMILES string of the molecule is Cc1cccc(C)c1NC(=O)CC1CCCC1. The minimum Gasteiger partial charge on any atom is -0.326 e. The minimum atomic E-state index is 0.175. The van der Waals surface area contributed by atoms with Gasteiger partial charge in [0.2, 0.25) is 5.91 Å². The summed E-state index contributed by atoms with van der Waals surface area (Å²) in [6.45, 7) is 4.08. The first kappa shape index (κ1) is 12.2. The molecule has 0 aliphatic heterocycles. The fourth-order valence-corrected chi connectivity index (χ4v) is 2.68. The highest BCUT2D eigenvalue weighted by atomic mass is 16.1. The lowest BCUT2D eigenvalue weighted by Gasteiger charge is -2.13. The summed E-state index contributed by atoms with van der Waals surface area (Å²) in [4.78, 5) is 12.0. The molecule has 1 amide bonds. The molecule has 1 fully saturated rings. The van der Waals surface area contributed by atoms with Crippen molar-refractivity contribution >= 4 is 11.6 Å².